The Bertz CT molecular complexity index is 856. The van der Waals surface area contributed by atoms with Crippen molar-refractivity contribution < 1.29 is 8.78 Å². The minimum atomic E-state index is -0.545. The van der Waals surface area contributed by atoms with Gasteiger partial charge in [-0.1, -0.05) is 47.0 Å². The molecule has 0 fully saturated rings. The molecule has 0 bridgehead atoms. The SMILES string of the molecule is Cc1ccc(C)c(-c2cc(F)c(-c3cc(Cl)ccc3Cl)cc2F)c1. The first-order chi connectivity index (χ1) is 11.4. The number of rotatable bonds is 2. The molecule has 0 nitrogen and oxygen atoms in total. The molecule has 0 aromatic heterocycles. The summed E-state index contributed by atoms with van der Waals surface area (Å²) in [5.41, 5.74) is 3.23. The Morgan fingerprint density at radius 1 is 0.667 bits per heavy atom. The maximum Gasteiger partial charge on any atom is 0.131 e. The molecule has 0 radical (unpaired) electrons. The predicted molar refractivity (Wildman–Crippen MR) is 96.7 cm³/mol. The molecule has 122 valence electrons. The summed E-state index contributed by atoms with van der Waals surface area (Å²) in [5, 5.41) is 0.727. The lowest BCUT2D eigenvalue weighted by Crippen LogP contribution is -1.94. The second-order valence-electron chi connectivity index (χ2n) is 5.75. The van der Waals surface area contributed by atoms with Crippen molar-refractivity contribution in [3.63, 3.8) is 0 Å². The third-order valence-corrected chi connectivity index (χ3v) is 4.52. The minimum Gasteiger partial charge on any atom is -0.206 e. The van der Waals surface area contributed by atoms with Crippen LogP contribution in [0.1, 0.15) is 11.1 Å². The molecule has 3 aromatic rings. The van der Waals surface area contributed by atoms with Crippen molar-refractivity contribution in [3.05, 3.63) is 81.3 Å². The molecule has 0 aliphatic rings. The summed E-state index contributed by atoms with van der Waals surface area (Å²) in [4.78, 5) is 0. The van der Waals surface area contributed by atoms with E-state index in [4.69, 9.17) is 23.2 Å². The van der Waals surface area contributed by atoms with Crippen molar-refractivity contribution in [1.29, 1.82) is 0 Å². The second-order valence-corrected chi connectivity index (χ2v) is 6.60. The molecule has 0 saturated carbocycles. The summed E-state index contributed by atoms with van der Waals surface area (Å²) in [6.45, 7) is 3.78. The van der Waals surface area contributed by atoms with Gasteiger partial charge < -0.3 is 0 Å². The molecule has 0 heterocycles. The molecule has 0 unspecified atom stereocenters. The topological polar surface area (TPSA) is 0 Å². The molecule has 0 atom stereocenters. The molecule has 4 heteroatoms. The maximum atomic E-state index is 14.7. The van der Waals surface area contributed by atoms with E-state index in [0.717, 1.165) is 11.1 Å². The zero-order chi connectivity index (χ0) is 17.4. The van der Waals surface area contributed by atoms with Crippen LogP contribution in [-0.4, -0.2) is 0 Å². The summed E-state index contributed by atoms with van der Waals surface area (Å²) >= 11 is 12.1. The first kappa shape index (κ1) is 16.9. The molecule has 0 saturated heterocycles. The highest BCUT2D eigenvalue weighted by atomic mass is 35.5. The second kappa shape index (κ2) is 6.54. The third-order valence-electron chi connectivity index (χ3n) is 3.96. The molecule has 3 rings (SSSR count). The van der Waals surface area contributed by atoms with Crippen molar-refractivity contribution in [3.8, 4) is 22.3 Å². The lowest BCUT2D eigenvalue weighted by molar-refractivity contribution is 0.606. The van der Waals surface area contributed by atoms with E-state index in [9.17, 15) is 8.78 Å². The van der Waals surface area contributed by atoms with Gasteiger partial charge in [-0.15, -0.1) is 0 Å². The van der Waals surface area contributed by atoms with Crippen LogP contribution in [0.4, 0.5) is 8.78 Å². The van der Waals surface area contributed by atoms with Gasteiger partial charge in [-0.25, -0.2) is 8.78 Å². The number of aryl methyl sites for hydroxylation is 2. The van der Waals surface area contributed by atoms with Crippen LogP contribution in [0.5, 0.6) is 0 Å². The van der Waals surface area contributed by atoms with Gasteiger partial charge in [-0.2, -0.15) is 0 Å². The Kier molecular flexibility index (Phi) is 4.62. The van der Waals surface area contributed by atoms with Crippen LogP contribution in [0, 0.1) is 25.5 Å². The molecular weight excluding hydrogens is 349 g/mol. The fourth-order valence-electron chi connectivity index (χ4n) is 2.69. The number of benzene rings is 3. The van der Waals surface area contributed by atoms with Gasteiger partial charge >= 0.3 is 0 Å². The van der Waals surface area contributed by atoms with Gasteiger partial charge in [0.15, 0.2) is 0 Å². The van der Waals surface area contributed by atoms with Gasteiger partial charge in [0.2, 0.25) is 0 Å². The van der Waals surface area contributed by atoms with Gasteiger partial charge in [0.1, 0.15) is 11.6 Å². The van der Waals surface area contributed by atoms with Crippen molar-refractivity contribution in [1.82, 2.24) is 0 Å². The third kappa shape index (κ3) is 3.17. The lowest BCUT2D eigenvalue weighted by atomic mass is 9.95. The Hall–Kier alpha value is -1.90. The van der Waals surface area contributed by atoms with E-state index >= 15 is 0 Å². The van der Waals surface area contributed by atoms with E-state index in [-0.39, 0.29) is 11.1 Å². The van der Waals surface area contributed by atoms with Crippen LogP contribution < -0.4 is 0 Å². The highest BCUT2D eigenvalue weighted by Crippen LogP contribution is 2.36. The van der Waals surface area contributed by atoms with E-state index in [0.29, 0.717) is 21.2 Å². The minimum absolute atomic E-state index is 0.0917. The number of hydrogen-bond donors (Lipinski definition) is 0. The van der Waals surface area contributed by atoms with Crippen molar-refractivity contribution >= 4 is 23.2 Å². The molecule has 24 heavy (non-hydrogen) atoms. The van der Waals surface area contributed by atoms with Gasteiger partial charge in [-0.3, -0.25) is 0 Å². The highest BCUT2D eigenvalue weighted by Gasteiger charge is 2.16. The summed E-state index contributed by atoms with van der Waals surface area (Å²) in [6, 6.07) is 12.8. The summed E-state index contributed by atoms with van der Waals surface area (Å²) < 4.78 is 29.4. The van der Waals surface area contributed by atoms with Gasteiger partial charge in [-0.05, 0) is 55.3 Å². The van der Waals surface area contributed by atoms with Crippen molar-refractivity contribution in [2.24, 2.45) is 0 Å². The van der Waals surface area contributed by atoms with E-state index in [2.05, 4.69) is 0 Å². The van der Waals surface area contributed by atoms with Crippen LogP contribution >= 0.6 is 23.2 Å². The standard InChI is InChI=1S/C20H14Cl2F2/c1-11-3-4-12(2)14(7-11)16-9-20(24)17(10-19(16)23)15-8-13(21)5-6-18(15)22/h3-10H,1-2H3. The molecule has 0 aliphatic heterocycles. The monoisotopic (exact) mass is 362 g/mol. The van der Waals surface area contributed by atoms with Crippen LogP contribution in [0.15, 0.2) is 48.5 Å². The van der Waals surface area contributed by atoms with Crippen LogP contribution in [0.3, 0.4) is 0 Å². The van der Waals surface area contributed by atoms with E-state index < -0.39 is 11.6 Å². The largest absolute Gasteiger partial charge is 0.206 e. The fourth-order valence-corrected chi connectivity index (χ4v) is 3.08. The predicted octanol–water partition coefficient (Wildman–Crippen LogP) is 7.22. The Labute approximate surface area is 149 Å². The summed E-state index contributed by atoms with van der Waals surface area (Å²) in [7, 11) is 0. The Morgan fingerprint density at radius 3 is 1.96 bits per heavy atom. The lowest BCUT2D eigenvalue weighted by Gasteiger charge is -2.12. The fraction of sp³-hybridized carbons (Fsp3) is 0.100. The van der Waals surface area contributed by atoms with Crippen molar-refractivity contribution in [2.75, 3.05) is 0 Å². The van der Waals surface area contributed by atoms with E-state index in [1.165, 1.54) is 18.2 Å². The normalized spacial score (nSPS) is 10.9. The van der Waals surface area contributed by atoms with E-state index in [1.54, 1.807) is 12.1 Å². The van der Waals surface area contributed by atoms with Crippen molar-refractivity contribution in [2.45, 2.75) is 13.8 Å². The maximum absolute atomic E-state index is 14.7. The molecule has 0 N–H and O–H groups in total. The molecule has 0 spiro atoms. The Morgan fingerprint density at radius 2 is 1.29 bits per heavy atom. The molecule has 0 amide bonds. The number of hydrogen-bond acceptors (Lipinski definition) is 0. The average Bonchev–Trinajstić information content (AvgIpc) is 2.54. The van der Waals surface area contributed by atoms with Crippen LogP contribution in [0.2, 0.25) is 10.0 Å². The zero-order valence-electron chi connectivity index (χ0n) is 13.1. The van der Waals surface area contributed by atoms with Gasteiger partial charge in [0.05, 0.1) is 0 Å². The van der Waals surface area contributed by atoms with Gasteiger partial charge in [0, 0.05) is 26.7 Å². The Balaban J connectivity index is 2.20. The molecular formula is C20H14Cl2F2. The number of halogens is 4. The zero-order valence-corrected chi connectivity index (χ0v) is 14.6. The quantitative estimate of drug-likeness (QED) is 0.451. The van der Waals surface area contributed by atoms with E-state index in [1.807, 2.05) is 32.0 Å². The van der Waals surface area contributed by atoms with Gasteiger partial charge in [0.25, 0.3) is 0 Å². The first-order valence-corrected chi connectivity index (χ1v) is 8.14. The summed E-state index contributed by atoms with van der Waals surface area (Å²) in [6.07, 6.45) is 0. The van der Waals surface area contributed by atoms with Crippen LogP contribution in [-0.2, 0) is 0 Å². The highest BCUT2D eigenvalue weighted by molar-refractivity contribution is 6.35. The summed E-state index contributed by atoms with van der Waals surface area (Å²) in [5.74, 6) is -1.05. The first-order valence-electron chi connectivity index (χ1n) is 7.39. The smallest absolute Gasteiger partial charge is 0.131 e. The van der Waals surface area contributed by atoms with Crippen LogP contribution in [0.25, 0.3) is 22.3 Å². The molecule has 3 aromatic carbocycles. The average molecular weight is 363 g/mol. The molecule has 0 aliphatic carbocycles.